The van der Waals surface area contributed by atoms with E-state index in [-0.39, 0.29) is 5.78 Å². The molecule has 0 saturated heterocycles. The lowest BCUT2D eigenvalue weighted by molar-refractivity contribution is 0.104. The maximum Gasteiger partial charge on any atom is 0.195 e. The van der Waals surface area contributed by atoms with Gasteiger partial charge in [0.1, 0.15) is 0 Å². The van der Waals surface area contributed by atoms with Crippen molar-refractivity contribution >= 4 is 22.2 Å². The first-order chi connectivity index (χ1) is 14.2. The Labute approximate surface area is 167 Å². The first kappa shape index (κ1) is 17.0. The largest absolute Gasteiger partial charge is 0.333 e. The zero-order chi connectivity index (χ0) is 19.8. The number of hydrogen-bond donors (Lipinski definition) is 0. The molecule has 0 fully saturated rings. The van der Waals surface area contributed by atoms with Crippen LogP contribution in [0.15, 0.2) is 85.6 Å². The van der Waals surface area contributed by atoms with E-state index in [2.05, 4.69) is 11.1 Å². The van der Waals surface area contributed by atoms with Crippen molar-refractivity contribution in [3.05, 3.63) is 108 Å². The molecule has 138 valence electrons. The van der Waals surface area contributed by atoms with Gasteiger partial charge < -0.3 is 8.97 Å². The molecule has 0 N–H and O–H groups in total. The molecule has 0 aliphatic heterocycles. The van der Waals surface area contributed by atoms with Gasteiger partial charge in [-0.3, -0.25) is 4.79 Å². The van der Waals surface area contributed by atoms with Gasteiger partial charge in [0.05, 0.1) is 23.5 Å². The molecule has 0 aliphatic rings. The van der Waals surface area contributed by atoms with Gasteiger partial charge in [-0.2, -0.15) is 5.26 Å². The second kappa shape index (κ2) is 6.77. The standard InChI is InChI=1S/C24H16N4O/c25-14-18-12-20-7-8-21-2-1-10-28(21)23(20)22(13-18)24(29)19-5-3-17(4-6-19)15-27-11-9-26-16-27/h1-13,16H,15H2. The van der Waals surface area contributed by atoms with Crippen molar-refractivity contribution < 1.29 is 4.79 Å². The van der Waals surface area contributed by atoms with Gasteiger partial charge in [-0.05, 0) is 35.9 Å². The van der Waals surface area contributed by atoms with Crippen LogP contribution in [0.3, 0.4) is 0 Å². The number of aromatic nitrogens is 3. The fraction of sp³-hybridized carbons (Fsp3) is 0.0417. The third kappa shape index (κ3) is 2.97. The number of imidazole rings is 1. The molecule has 5 heteroatoms. The van der Waals surface area contributed by atoms with Gasteiger partial charge in [0.25, 0.3) is 0 Å². The lowest BCUT2D eigenvalue weighted by Crippen LogP contribution is -2.06. The molecule has 2 aromatic carbocycles. The monoisotopic (exact) mass is 376 g/mol. The highest BCUT2D eigenvalue weighted by molar-refractivity contribution is 6.16. The van der Waals surface area contributed by atoms with E-state index in [9.17, 15) is 10.1 Å². The Morgan fingerprint density at radius 3 is 2.66 bits per heavy atom. The average Bonchev–Trinajstić information content (AvgIpc) is 3.44. The van der Waals surface area contributed by atoms with Crippen LogP contribution in [0, 0.1) is 11.3 Å². The van der Waals surface area contributed by atoms with E-state index in [0.29, 0.717) is 23.2 Å². The predicted molar refractivity (Wildman–Crippen MR) is 111 cm³/mol. The van der Waals surface area contributed by atoms with Crippen LogP contribution in [-0.2, 0) is 6.54 Å². The first-order valence-electron chi connectivity index (χ1n) is 9.26. The smallest absolute Gasteiger partial charge is 0.195 e. The minimum atomic E-state index is -0.0949. The Hall–Kier alpha value is -4.17. The maximum absolute atomic E-state index is 13.4. The summed E-state index contributed by atoms with van der Waals surface area (Å²) < 4.78 is 3.97. The molecule has 5 nitrogen and oxygen atoms in total. The molecule has 0 aliphatic carbocycles. The number of carbonyl (C=O) groups is 1. The fourth-order valence-electron chi connectivity index (χ4n) is 3.71. The highest BCUT2D eigenvalue weighted by atomic mass is 16.1. The molecule has 0 radical (unpaired) electrons. The summed E-state index contributed by atoms with van der Waals surface area (Å²) in [6.45, 7) is 0.700. The van der Waals surface area contributed by atoms with Crippen LogP contribution < -0.4 is 0 Å². The molecule has 0 unspecified atom stereocenters. The van der Waals surface area contributed by atoms with Crippen molar-refractivity contribution in [2.45, 2.75) is 6.54 Å². The second-order valence-corrected chi connectivity index (χ2v) is 6.97. The summed E-state index contributed by atoms with van der Waals surface area (Å²) in [7, 11) is 0. The van der Waals surface area contributed by atoms with E-state index in [1.807, 2.05) is 76.0 Å². The normalized spacial score (nSPS) is 11.0. The summed E-state index contributed by atoms with van der Waals surface area (Å²) >= 11 is 0. The zero-order valence-corrected chi connectivity index (χ0v) is 15.5. The van der Waals surface area contributed by atoms with Gasteiger partial charge in [0, 0.05) is 47.2 Å². The summed E-state index contributed by atoms with van der Waals surface area (Å²) in [4.78, 5) is 17.4. The average molecular weight is 376 g/mol. The Morgan fingerprint density at radius 1 is 1.03 bits per heavy atom. The van der Waals surface area contributed by atoms with Gasteiger partial charge >= 0.3 is 0 Å². The number of hydrogen-bond acceptors (Lipinski definition) is 3. The van der Waals surface area contributed by atoms with Crippen molar-refractivity contribution in [1.29, 1.82) is 5.26 Å². The molecule has 5 rings (SSSR count). The lowest BCUT2D eigenvalue weighted by Gasteiger charge is -2.11. The van der Waals surface area contributed by atoms with Crippen LogP contribution >= 0.6 is 0 Å². The number of nitrogens with zero attached hydrogens (tertiary/aromatic N) is 4. The van der Waals surface area contributed by atoms with Crippen LogP contribution in [0.25, 0.3) is 16.4 Å². The van der Waals surface area contributed by atoms with E-state index in [4.69, 9.17) is 0 Å². The van der Waals surface area contributed by atoms with Crippen LogP contribution in [0.4, 0.5) is 0 Å². The molecule has 0 spiro atoms. The highest BCUT2D eigenvalue weighted by Crippen LogP contribution is 2.26. The van der Waals surface area contributed by atoms with Gasteiger partial charge in [-0.1, -0.05) is 30.3 Å². The SMILES string of the molecule is N#Cc1cc(C(=O)c2ccc(Cn3ccnc3)cc2)c2c(ccc3cccn32)c1. The van der Waals surface area contributed by atoms with Crippen LogP contribution in [0.1, 0.15) is 27.0 Å². The highest BCUT2D eigenvalue weighted by Gasteiger charge is 2.16. The van der Waals surface area contributed by atoms with E-state index in [0.717, 1.165) is 22.0 Å². The van der Waals surface area contributed by atoms with Crippen LogP contribution in [-0.4, -0.2) is 19.7 Å². The van der Waals surface area contributed by atoms with E-state index >= 15 is 0 Å². The summed E-state index contributed by atoms with van der Waals surface area (Å²) in [5.74, 6) is -0.0949. The molecule has 0 saturated carbocycles. The summed E-state index contributed by atoms with van der Waals surface area (Å²) in [5.41, 5.74) is 4.51. The van der Waals surface area contributed by atoms with Gasteiger partial charge in [0.2, 0.25) is 0 Å². The third-order valence-electron chi connectivity index (χ3n) is 5.11. The van der Waals surface area contributed by atoms with Crippen molar-refractivity contribution in [3.63, 3.8) is 0 Å². The number of ketones is 1. The van der Waals surface area contributed by atoms with E-state index < -0.39 is 0 Å². The van der Waals surface area contributed by atoms with Gasteiger partial charge in [0.15, 0.2) is 5.78 Å². The van der Waals surface area contributed by atoms with Crippen LogP contribution in [0.5, 0.6) is 0 Å². The Morgan fingerprint density at radius 2 is 1.90 bits per heavy atom. The Kier molecular flexibility index (Phi) is 3.96. The zero-order valence-electron chi connectivity index (χ0n) is 15.5. The number of rotatable bonds is 4. The minimum Gasteiger partial charge on any atom is -0.333 e. The molecule has 3 heterocycles. The number of fused-ring (bicyclic) bond motifs is 3. The molecule has 0 amide bonds. The summed E-state index contributed by atoms with van der Waals surface area (Å²) in [6.07, 6.45) is 7.35. The van der Waals surface area contributed by atoms with Crippen molar-refractivity contribution in [2.24, 2.45) is 0 Å². The van der Waals surface area contributed by atoms with Crippen molar-refractivity contribution in [2.75, 3.05) is 0 Å². The fourth-order valence-corrected chi connectivity index (χ4v) is 3.71. The number of benzene rings is 2. The minimum absolute atomic E-state index is 0.0949. The molecule has 0 bridgehead atoms. The molecule has 5 aromatic rings. The second-order valence-electron chi connectivity index (χ2n) is 6.97. The molecular weight excluding hydrogens is 360 g/mol. The van der Waals surface area contributed by atoms with E-state index in [1.165, 1.54) is 0 Å². The molecular formula is C24H16N4O. The summed E-state index contributed by atoms with van der Waals surface area (Å²) in [6, 6.07) is 21.2. The maximum atomic E-state index is 13.4. The van der Waals surface area contributed by atoms with E-state index in [1.54, 1.807) is 18.6 Å². The molecule has 3 aromatic heterocycles. The number of nitriles is 1. The predicted octanol–water partition coefficient (Wildman–Crippen LogP) is 4.44. The lowest BCUT2D eigenvalue weighted by atomic mass is 9.97. The Balaban J connectivity index is 1.60. The molecule has 0 atom stereocenters. The van der Waals surface area contributed by atoms with Gasteiger partial charge in [-0.15, -0.1) is 0 Å². The topological polar surface area (TPSA) is 63.1 Å². The first-order valence-corrected chi connectivity index (χ1v) is 9.26. The van der Waals surface area contributed by atoms with Gasteiger partial charge in [-0.25, -0.2) is 4.98 Å². The number of carbonyl (C=O) groups excluding carboxylic acids is 1. The Bertz CT molecular complexity index is 1390. The summed E-state index contributed by atoms with van der Waals surface area (Å²) in [5, 5.41) is 10.3. The quantitative estimate of drug-likeness (QED) is 0.436. The third-order valence-corrected chi connectivity index (χ3v) is 5.11. The van der Waals surface area contributed by atoms with Crippen molar-refractivity contribution in [1.82, 2.24) is 14.0 Å². The number of pyridine rings is 1. The molecule has 29 heavy (non-hydrogen) atoms. The van der Waals surface area contributed by atoms with Crippen LogP contribution in [0.2, 0.25) is 0 Å². The van der Waals surface area contributed by atoms with Crippen molar-refractivity contribution in [3.8, 4) is 6.07 Å².